The molecule has 0 bridgehead atoms. The molecular weight excluding hydrogens is 308 g/mol. The third-order valence-electron chi connectivity index (χ3n) is 5.48. The van der Waals surface area contributed by atoms with E-state index < -0.39 is 23.8 Å². The van der Waals surface area contributed by atoms with Gasteiger partial charge in [-0.2, -0.15) is 0 Å². The van der Waals surface area contributed by atoms with E-state index in [1.807, 2.05) is 39.0 Å². The van der Waals surface area contributed by atoms with Crippen LogP contribution in [0, 0.1) is 0 Å². The van der Waals surface area contributed by atoms with Crippen LogP contribution in [-0.2, 0) is 11.2 Å². The fourth-order valence-corrected chi connectivity index (χ4v) is 4.23. The van der Waals surface area contributed by atoms with E-state index in [-0.39, 0.29) is 10.4 Å². The molecule has 1 aromatic rings. The number of quaternary nitrogens is 1. The van der Waals surface area contributed by atoms with Gasteiger partial charge in [-0.3, -0.25) is 0 Å². The van der Waals surface area contributed by atoms with Crippen molar-refractivity contribution in [1.82, 2.24) is 9.80 Å². The molecule has 2 aliphatic rings. The normalized spacial score (nSPS) is 29.6. The van der Waals surface area contributed by atoms with Crippen molar-refractivity contribution in [3.05, 3.63) is 29.3 Å². The predicted octanol–water partition coefficient (Wildman–Crippen LogP) is 1.00. The zero-order chi connectivity index (χ0) is 17.7. The molecule has 1 heterocycles. The molecule has 0 spiro atoms. The number of aryl methyl sites for hydroxylation is 1. The molecule has 0 radical (unpaired) electrons. The van der Waals surface area contributed by atoms with Crippen LogP contribution in [0.1, 0.15) is 50.8 Å². The monoisotopic (exact) mass is 332 g/mol. The molecule has 1 aliphatic carbocycles. The van der Waals surface area contributed by atoms with Crippen LogP contribution >= 0.6 is 0 Å². The summed E-state index contributed by atoms with van der Waals surface area (Å²) in [7, 11) is 0. The van der Waals surface area contributed by atoms with E-state index in [0.717, 1.165) is 23.2 Å². The maximum atomic E-state index is 13.1. The molecule has 6 heteroatoms. The first kappa shape index (κ1) is 16.9. The van der Waals surface area contributed by atoms with Crippen LogP contribution in [0.2, 0.25) is 0 Å². The van der Waals surface area contributed by atoms with Crippen LogP contribution in [-0.4, -0.2) is 35.2 Å². The van der Waals surface area contributed by atoms with E-state index in [4.69, 9.17) is 0 Å². The number of benzene rings is 1. The van der Waals surface area contributed by atoms with Gasteiger partial charge in [0.05, 0.1) is 12.6 Å². The Labute approximate surface area is 141 Å². The minimum Gasteiger partial charge on any atom is -0.530 e. The Morgan fingerprint density at radius 3 is 2.67 bits per heavy atom. The average molecular weight is 332 g/mol. The van der Waals surface area contributed by atoms with Gasteiger partial charge in [-0.1, -0.05) is 6.07 Å². The molecule has 2 N–H and O–H groups in total. The molecule has 1 aromatic carbocycles. The number of aliphatic hydroxyl groups excluding tert-OH is 1. The van der Waals surface area contributed by atoms with Crippen LogP contribution < -0.4 is 14.9 Å². The Balaban J connectivity index is 2.06. The van der Waals surface area contributed by atoms with Crippen molar-refractivity contribution in [2.75, 3.05) is 6.54 Å². The lowest BCUT2D eigenvalue weighted by atomic mass is 9.98. The number of fused-ring (bicyclic) bond motifs is 1. The number of amides is 2. The second kappa shape index (κ2) is 5.57. The summed E-state index contributed by atoms with van der Waals surface area (Å²) in [5, 5.41) is 23.1. The number of rotatable bonds is 2. The van der Waals surface area contributed by atoms with Crippen LogP contribution in [0.5, 0.6) is 0 Å². The summed E-state index contributed by atoms with van der Waals surface area (Å²) in [5.41, 5.74) is 2.46. The first-order chi connectivity index (χ1) is 11.2. The molecule has 24 heavy (non-hydrogen) atoms. The van der Waals surface area contributed by atoms with Crippen molar-refractivity contribution in [1.29, 1.82) is 0 Å². The third-order valence-corrected chi connectivity index (χ3v) is 5.48. The molecule has 1 aliphatic heterocycles. The quantitative estimate of drug-likeness (QED) is 0.791. The minimum atomic E-state index is -1.42. The number of nitrogens with zero attached hydrogens (tertiary/aromatic N) is 1. The lowest BCUT2D eigenvalue weighted by Crippen LogP contribution is -2.65. The van der Waals surface area contributed by atoms with Crippen molar-refractivity contribution in [2.24, 2.45) is 0 Å². The highest BCUT2D eigenvalue weighted by atomic mass is 16.4. The van der Waals surface area contributed by atoms with Crippen LogP contribution in [0.15, 0.2) is 18.2 Å². The van der Waals surface area contributed by atoms with Gasteiger partial charge in [0.2, 0.25) is 0 Å². The standard InChI is InChI=1S/C18H24N2O4/c1-18(2,3)20(9-8-14(16(20)22)19-17(23)24)12-5-6-13-11(10-12)4-7-15(13)21/h5-6,10,14-15,19,21H,4,7-9H2,1-3H3. The Hall–Kier alpha value is -1.92. The molecule has 6 nitrogen and oxygen atoms in total. The van der Waals surface area contributed by atoms with Crippen LogP contribution in [0.4, 0.5) is 10.5 Å². The molecule has 1 saturated heterocycles. The summed E-state index contributed by atoms with van der Waals surface area (Å²) in [6.45, 7) is 6.52. The summed E-state index contributed by atoms with van der Waals surface area (Å²) < 4.78 is 0.0985. The van der Waals surface area contributed by atoms with Crippen molar-refractivity contribution in [2.45, 2.75) is 57.7 Å². The largest absolute Gasteiger partial charge is 0.530 e. The van der Waals surface area contributed by atoms with Gasteiger partial charge in [-0.05, 0) is 44.7 Å². The van der Waals surface area contributed by atoms with Crippen molar-refractivity contribution in [3.8, 4) is 0 Å². The minimum absolute atomic E-state index is 0.0985. The van der Waals surface area contributed by atoms with Gasteiger partial charge < -0.3 is 20.3 Å². The lowest BCUT2D eigenvalue weighted by molar-refractivity contribution is -0.251. The van der Waals surface area contributed by atoms with E-state index in [1.165, 1.54) is 0 Å². The molecule has 0 saturated carbocycles. The molecule has 130 valence electrons. The highest BCUT2D eigenvalue weighted by Crippen LogP contribution is 2.42. The zero-order valence-corrected chi connectivity index (χ0v) is 14.3. The number of hydrogen-bond donors (Lipinski definition) is 2. The van der Waals surface area contributed by atoms with Gasteiger partial charge in [0.15, 0.2) is 0 Å². The smallest absolute Gasteiger partial charge is 0.341 e. The van der Waals surface area contributed by atoms with Crippen molar-refractivity contribution >= 4 is 17.7 Å². The topological polar surface area (TPSA) is 89.5 Å². The van der Waals surface area contributed by atoms with Crippen LogP contribution in [0.25, 0.3) is 0 Å². The fraction of sp³-hybridized carbons (Fsp3) is 0.556. The Bertz CT molecular complexity index is 695. The van der Waals surface area contributed by atoms with Crippen molar-refractivity contribution < 1.29 is 19.8 Å². The second-order valence-corrected chi connectivity index (χ2v) is 7.75. The SMILES string of the molecule is CC(C)(C)[N+]1(c2ccc3c(c2)CCC3O)CCC(NC(=O)[O-])C1=O. The van der Waals surface area contributed by atoms with Crippen molar-refractivity contribution in [3.63, 3.8) is 0 Å². The van der Waals surface area contributed by atoms with Gasteiger partial charge in [-0.25, -0.2) is 9.28 Å². The molecule has 2 amide bonds. The number of likely N-dealkylation sites (tertiary alicyclic amines) is 1. The maximum Gasteiger partial charge on any atom is 0.341 e. The number of aliphatic hydroxyl groups is 1. The second-order valence-electron chi connectivity index (χ2n) is 7.75. The van der Waals surface area contributed by atoms with E-state index in [9.17, 15) is 19.8 Å². The molecule has 3 atom stereocenters. The fourth-order valence-electron chi connectivity index (χ4n) is 4.23. The average Bonchev–Trinajstić information content (AvgIpc) is 3.00. The van der Waals surface area contributed by atoms with E-state index in [0.29, 0.717) is 19.4 Å². The number of carbonyl (C=O) groups is 2. The van der Waals surface area contributed by atoms with Gasteiger partial charge in [0, 0.05) is 18.6 Å². The summed E-state index contributed by atoms with van der Waals surface area (Å²) in [4.78, 5) is 24.0. The third kappa shape index (κ3) is 2.41. The molecular formula is C18H24N2O4. The molecule has 3 unspecified atom stereocenters. The van der Waals surface area contributed by atoms with E-state index in [1.54, 1.807) is 0 Å². The van der Waals surface area contributed by atoms with Gasteiger partial charge in [-0.15, -0.1) is 0 Å². The predicted molar refractivity (Wildman–Crippen MR) is 88.1 cm³/mol. The summed E-state index contributed by atoms with van der Waals surface area (Å²) in [6, 6.07) is 5.07. The van der Waals surface area contributed by atoms with E-state index >= 15 is 0 Å². The zero-order valence-electron chi connectivity index (χ0n) is 14.3. The maximum absolute atomic E-state index is 13.1. The van der Waals surface area contributed by atoms with E-state index in [2.05, 4.69) is 5.32 Å². The van der Waals surface area contributed by atoms with Gasteiger partial charge in [0.1, 0.15) is 23.4 Å². The highest BCUT2D eigenvalue weighted by Gasteiger charge is 2.56. The first-order valence-corrected chi connectivity index (χ1v) is 8.38. The number of carbonyl (C=O) groups excluding carboxylic acids is 2. The Kier molecular flexibility index (Phi) is 3.92. The summed E-state index contributed by atoms with van der Waals surface area (Å²) in [5.74, 6) is -0.148. The first-order valence-electron chi connectivity index (χ1n) is 8.38. The van der Waals surface area contributed by atoms with Crippen LogP contribution in [0.3, 0.4) is 0 Å². The number of hydrogen-bond acceptors (Lipinski definition) is 4. The number of carboxylic acid groups (broad SMARTS) is 1. The molecule has 1 fully saturated rings. The molecule has 3 rings (SSSR count). The Morgan fingerprint density at radius 2 is 2.04 bits per heavy atom. The van der Waals surface area contributed by atoms with Gasteiger partial charge >= 0.3 is 5.91 Å². The lowest BCUT2D eigenvalue weighted by Gasteiger charge is -2.43. The highest BCUT2D eigenvalue weighted by molar-refractivity contribution is 5.97. The summed E-state index contributed by atoms with van der Waals surface area (Å²) in [6.07, 6.45) is 0.0999. The Morgan fingerprint density at radius 1 is 1.33 bits per heavy atom. The number of nitrogens with one attached hydrogen (secondary N) is 1. The molecule has 0 aromatic heterocycles. The van der Waals surface area contributed by atoms with Gasteiger partial charge in [0.25, 0.3) is 0 Å². The summed E-state index contributed by atoms with van der Waals surface area (Å²) >= 11 is 0.